The summed E-state index contributed by atoms with van der Waals surface area (Å²) in [5.74, 6) is 1.47. The van der Waals surface area contributed by atoms with E-state index in [2.05, 4.69) is 4.98 Å². The van der Waals surface area contributed by atoms with Crippen LogP contribution in [0.1, 0.15) is 36.0 Å². The Morgan fingerprint density at radius 2 is 1.89 bits per heavy atom. The number of aromatic nitrogens is 1. The largest absolute Gasteiger partial charge is 0.338 e. The van der Waals surface area contributed by atoms with Crippen LogP contribution < -0.4 is 0 Å². The quantitative estimate of drug-likeness (QED) is 0.819. The zero-order chi connectivity index (χ0) is 12.5. The maximum Gasteiger partial charge on any atom is 0.256 e. The van der Waals surface area contributed by atoms with Gasteiger partial charge in [0.15, 0.2) is 0 Å². The van der Waals surface area contributed by atoms with Crippen molar-refractivity contribution in [1.82, 2.24) is 9.88 Å². The third-order valence-corrected chi connectivity index (χ3v) is 3.97. The minimum Gasteiger partial charge on any atom is -0.338 e. The van der Waals surface area contributed by atoms with E-state index in [0.29, 0.717) is 22.4 Å². The molecule has 1 heterocycles. The van der Waals surface area contributed by atoms with Crippen molar-refractivity contribution in [2.75, 3.05) is 13.1 Å². The monoisotopic (exact) mass is 264 g/mol. The first kappa shape index (κ1) is 12.0. The summed E-state index contributed by atoms with van der Waals surface area (Å²) in [7, 11) is 0. The molecule has 0 spiro atoms. The Morgan fingerprint density at radius 3 is 2.39 bits per heavy atom. The summed E-state index contributed by atoms with van der Waals surface area (Å²) in [5.41, 5.74) is 0.542. The van der Waals surface area contributed by atoms with Gasteiger partial charge in [0.25, 0.3) is 5.91 Å². The topological polar surface area (TPSA) is 33.2 Å². The van der Waals surface area contributed by atoms with Gasteiger partial charge in [-0.05, 0) is 43.6 Å². The van der Waals surface area contributed by atoms with Crippen LogP contribution >= 0.6 is 11.6 Å². The molecule has 96 valence electrons. The van der Waals surface area contributed by atoms with Gasteiger partial charge < -0.3 is 4.90 Å². The van der Waals surface area contributed by atoms with E-state index >= 15 is 0 Å². The van der Waals surface area contributed by atoms with Gasteiger partial charge in [0, 0.05) is 25.5 Å². The molecule has 2 aliphatic carbocycles. The van der Waals surface area contributed by atoms with Crippen LogP contribution in [0.3, 0.4) is 0 Å². The molecule has 0 N–H and O–H groups in total. The molecule has 0 bridgehead atoms. The molecular weight excluding hydrogens is 248 g/mol. The summed E-state index contributed by atoms with van der Waals surface area (Å²) in [6.45, 7) is 1.78. The average molecular weight is 265 g/mol. The number of rotatable bonds is 5. The Balaban J connectivity index is 1.75. The predicted molar refractivity (Wildman–Crippen MR) is 70.6 cm³/mol. The van der Waals surface area contributed by atoms with Crippen LogP contribution in [0.5, 0.6) is 0 Å². The van der Waals surface area contributed by atoms with Crippen molar-refractivity contribution in [3.63, 3.8) is 0 Å². The average Bonchev–Trinajstić information content (AvgIpc) is 3.23. The van der Waals surface area contributed by atoms with Gasteiger partial charge in [-0.15, -0.1) is 0 Å². The molecule has 2 fully saturated rings. The van der Waals surface area contributed by atoms with Gasteiger partial charge in [0.1, 0.15) is 0 Å². The second-order valence-corrected chi connectivity index (χ2v) is 5.86. The summed E-state index contributed by atoms with van der Waals surface area (Å²) in [5, 5.41) is 0.506. The molecule has 1 amide bonds. The highest BCUT2D eigenvalue weighted by molar-refractivity contribution is 6.33. The van der Waals surface area contributed by atoms with E-state index in [9.17, 15) is 4.79 Å². The molecule has 0 unspecified atom stereocenters. The van der Waals surface area contributed by atoms with Crippen LogP contribution in [0.25, 0.3) is 0 Å². The van der Waals surface area contributed by atoms with Crippen LogP contribution in [0, 0.1) is 11.8 Å². The minimum atomic E-state index is 0.0481. The molecule has 2 aliphatic rings. The SMILES string of the molecule is O=C(c1cnccc1Cl)N(CC1CC1)CC1CC1. The van der Waals surface area contributed by atoms with Gasteiger partial charge in [0.2, 0.25) is 0 Å². The standard InChI is InChI=1S/C14H17ClN2O/c15-13-5-6-16-7-12(13)14(18)17(8-10-1-2-10)9-11-3-4-11/h5-7,10-11H,1-4,8-9H2. The van der Waals surface area contributed by atoms with Gasteiger partial charge in [-0.1, -0.05) is 11.6 Å². The molecule has 4 heteroatoms. The van der Waals surface area contributed by atoms with Crippen molar-refractivity contribution in [2.45, 2.75) is 25.7 Å². The van der Waals surface area contributed by atoms with Crippen molar-refractivity contribution >= 4 is 17.5 Å². The zero-order valence-corrected chi connectivity index (χ0v) is 11.1. The van der Waals surface area contributed by atoms with Gasteiger partial charge in [-0.3, -0.25) is 9.78 Å². The molecule has 0 aliphatic heterocycles. The molecule has 3 rings (SSSR count). The van der Waals surface area contributed by atoms with E-state index in [1.807, 2.05) is 4.90 Å². The number of amides is 1. The Morgan fingerprint density at radius 1 is 1.28 bits per heavy atom. The van der Waals surface area contributed by atoms with Crippen molar-refractivity contribution < 1.29 is 4.79 Å². The first-order valence-corrected chi connectivity index (χ1v) is 7.00. The van der Waals surface area contributed by atoms with E-state index in [-0.39, 0.29) is 5.91 Å². The van der Waals surface area contributed by atoms with Crippen LogP contribution in [0.4, 0.5) is 0 Å². The van der Waals surface area contributed by atoms with Crippen molar-refractivity contribution in [1.29, 1.82) is 0 Å². The number of hydrogen-bond acceptors (Lipinski definition) is 2. The van der Waals surface area contributed by atoms with Crippen LogP contribution in [0.15, 0.2) is 18.5 Å². The Bertz CT molecular complexity index is 441. The first-order chi connectivity index (χ1) is 8.74. The second-order valence-electron chi connectivity index (χ2n) is 5.45. The molecule has 3 nitrogen and oxygen atoms in total. The van der Waals surface area contributed by atoms with Crippen LogP contribution in [-0.2, 0) is 0 Å². The lowest BCUT2D eigenvalue weighted by Gasteiger charge is -2.23. The van der Waals surface area contributed by atoms with Gasteiger partial charge >= 0.3 is 0 Å². The smallest absolute Gasteiger partial charge is 0.256 e. The maximum absolute atomic E-state index is 12.5. The normalized spacial score (nSPS) is 18.7. The molecule has 18 heavy (non-hydrogen) atoms. The third kappa shape index (κ3) is 2.83. The number of nitrogens with zero attached hydrogens (tertiary/aromatic N) is 2. The highest BCUT2D eigenvalue weighted by atomic mass is 35.5. The summed E-state index contributed by atoms with van der Waals surface area (Å²) in [4.78, 5) is 18.5. The summed E-state index contributed by atoms with van der Waals surface area (Å²) < 4.78 is 0. The Kier molecular flexibility index (Phi) is 3.25. The van der Waals surface area contributed by atoms with Gasteiger partial charge in [-0.2, -0.15) is 0 Å². The Hall–Kier alpha value is -1.09. The number of carbonyl (C=O) groups excluding carboxylic acids is 1. The number of hydrogen-bond donors (Lipinski definition) is 0. The van der Waals surface area contributed by atoms with Crippen LogP contribution in [-0.4, -0.2) is 28.9 Å². The number of pyridine rings is 1. The predicted octanol–water partition coefficient (Wildman–Crippen LogP) is 3.00. The van der Waals surface area contributed by atoms with Crippen molar-refractivity contribution in [2.24, 2.45) is 11.8 Å². The highest BCUT2D eigenvalue weighted by Gasteiger charge is 2.32. The lowest BCUT2D eigenvalue weighted by molar-refractivity contribution is 0.0739. The van der Waals surface area contributed by atoms with E-state index in [1.165, 1.54) is 25.7 Å². The molecule has 2 saturated carbocycles. The third-order valence-electron chi connectivity index (χ3n) is 3.64. The summed E-state index contributed by atoms with van der Waals surface area (Å²) >= 11 is 6.08. The second kappa shape index (κ2) is 4.88. The highest BCUT2D eigenvalue weighted by Crippen LogP contribution is 2.34. The lowest BCUT2D eigenvalue weighted by Crippen LogP contribution is -2.35. The molecule has 0 saturated heterocycles. The number of carbonyl (C=O) groups is 1. The molecule has 1 aromatic heterocycles. The summed E-state index contributed by atoms with van der Waals surface area (Å²) in [6.07, 6.45) is 8.23. The molecule has 0 aromatic carbocycles. The van der Waals surface area contributed by atoms with Crippen molar-refractivity contribution in [3.8, 4) is 0 Å². The van der Waals surface area contributed by atoms with Crippen LogP contribution in [0.2, 0.25) is 5.02 Å². The van der Waals surface area contributed by atoms with E-state index in [4.69, 9.17) is 11.6 Å². The summed E-state index contributed by atoms with van der Waals surface area (Å²) in [6, 6.07) is 1.68. The van der Waals surface area contributed by atoms with E-state index < -0.39 is 0 Å². The van der Waals surface area contributed by atoms with Crippen molar-refractivity contribution in [3.05, 3.63) is 29.0 Å². The van der Waals surface area contributed by atoms with E-state index in [0.717, 1.165) is 13.1 Å². The Labute approximate surface area is 112 Å². The fourth-order valence-corrected chi connectivity index (χ4v) is 2.36. The van der Waals surface area contributed by atoms with Gasteiger partial charge in [-0.25, -0.2) is 0 Å². The first-order valence-electron chi connectivity index (χ1n) is 6.63. The maximum atomic E-state index is 12.5. The van der Waals surface area contributed by atoms with Gasteiger partial charge in [0.05, 0.1) is 10.6 Å². The lowest BCUT2D eigenvalue weighted by atomic mass is 10.2. The van der Waals surface area contributed by atoms with E-state index in [1.54, 1.807) is 18.5 Å². The molecule has 0 atom stereocenters. The fraction of sp³-hybridized carbons (Fsp3) is 0.571. The fourth-order valence-electron chi connectivity index (χ4n) is 2.17. The zero-order valence-electron chi connectivity index (χ0n) is 10.3. The molecule has 0 radical (unpaired) electrons. The molecular formula is C14H17ClN2O. The molecule has 1 aromatic rings. The minimum absolute atomic E-state index is 0.0481. The number of halogens is 1.